The van der Waals surface area contributed by atoms with Crippen molar-refractivity contribution in [3.8, 4) is 0 Å². The van der Waals surface area contributed by atoms with Gasteiger partial charge in [0.1, 0.15) is 0 Å². The maximum absolute atomic E-state index is 6.48. The van der Waals surface area contributed by atoms with Crippen molar-refractivity contribution in [1.29, 1.82) is 0 Å². The Balaban J connectivity index is 0.000000180. The molecule has 0 fully saturated rings. The van der Waals surface area contributed by atoms with Gasteiger partial charge < -0.3 is 39.2 Å². The molecule has 0 spiro atoms. The lowest BCUT2D eigenvalue weighted by molar-refractivity contribution is 0.320. The van der Waals surface area contributed by atoms with Crippen LogP contribution in [-0.2, 0) is 89.8 Å². The molecule has 772 valence electrons. The standard InChI is InChI=1S/C17H27N.2C17H25N.2C16H22ClN.2C16H25N.C16H23N/c1-16(2,3)13-9-8-12-10-15(17(4,5)6)18(7)14(12)11-13;1-11-13-10-12(16(2,3)4)8-9-14(13)18-15(11)17(5,6)7;1-11-13-9-8-12(16(2,3)4)10-14(13)18-15(11)17(5,6)7;1-15(2,3)11-9-13-10(7-12(11)17)8-14(18-13)16(4,5)6;1-15(2,3)10-7-8-11-12(9-10)18-14(13(11)17)16(4,5)6;1-15(2,3)13-7-8-14-12(11-13)9-10-17(14)16(4,5)6;2*1-15(2,3)13-8-7-12-9-10-17(14(12)11-13)16(4,5)6/h8-9,11,15H,10H2,1-7H3;2*8-10,18H,1-7H3;2*7-9,18H,1-6H3;2*7-8,11H,9-10H2,1-6H3;7-11H,1-6H3. The number of anilines is 3. The lowest BCUT2D eigenvalue weighted by Gasteiger charge is -2.35. The van der Waals surface area contributed by atoms with Gasteiger partial charge in [-0.25, -0.2) is 0 Å². The van der Waals surface area contributed by atoms with Crippen LogP contribution in [0.25, 0.3) is 54.5 Å². The second-order valence-corrected chi connectivity index (χ2v) is 58.7. The molecule has 1 atom stereocenters. The summed E-state index contributed by atoms with van der Waals surface area (Å²) >= 11 is 12.9. The summed E-state index contributed by atoms with van der Waals surface area (Å²) in [6, 6.07) is 57.3. The fourth-order valence-corrected chi connectivity index (χ4v) is 20.5. The molecule has 141 heavy (non-hydrogen) atoms. The number of hydrogen-bond acceptors (Lipinski definition) is 3. The van der Waals surface area contributed by atoms with Crippen molar-refractivity contribution in [2.45, 2.75) is 453 Å². The fourth-order valence-electron chi connectivity index (χ4n) is 19.6. The zero-order valence-corrected chi connectivity index (χ0v) is 100. The minimum absolute atomic E-state index is 0.0397. The summed E-state index contributed by atoms with van der Waals surface area (Å²) < 4.78 is 2.36. The van der Waals surface area contributed by atoms with E-state index in [1.165, 1.54) is 169 Å². The lowest BCUT2D eigenvalue weighted by Crippen LogP contribution is -2.40. The summed E-state index contributed by atoms with van der Waals surface area (Å²) in [5, 5.41) is 8.08. The molecule has 0 amide bonds. The first kappa shape index (κ1) is 116. The Morgan fingerprint density at radius 1 is 0.284 bits per heavy atom. The zero-order valence-electron chi connectivity index (χ0n) is 98.7. The number of aromatic amines is 4. The van der Waals surface area contributed by atoms with E-state index in [2.05, 4.69) is 550 Å². The Morgan fingerprint density at radius 2 is 0.674 bits per heavy atom. The highest BCUT2D eigenvalue weighted by Crippen LogP contribution is 2.46. The molecule has 1 unspecified atom stereocenters. The largest absolute Gasteiger partial charge is 0.371 e. The average molecular weight is 1950 g/mol. The van der Waals surface area contributed by atoms with Crippen molar-refractivity contribution in [1.82, 2.24) is 24.5 Å². The molecule has 0 radical (unpaired) electrons. The van der Waals surface area contributed by atoms with E-state index in [4.69, 9.17) is 23.2 Å². The Hall–Kier alpha value is -8.56. The van der Waals surface area contributed by atoms with E-state index < -0.39 is 0 Å². The smallest absolute Gasteiger partial charge is 0.0697 e. The maximum atomic E-state index is 6.48. The third kappa shape index (κ3) is 28.6. The average Bonchev–Trinajstić information content (AvgIpc) is 1.60. The number of aryl methyl sites for hydroxylation is 2. The summed E-state index contributed by atoms with van der Waals surface area (Å²) in [4.78, 5) is 21.7. The van der Waals surface area contributed by atoms with Gasteiger partial charge in [0.25, 0.3) is 0 Å². The van der Waals surface area contributed by atoms with E-state index in [-0.39, 0.29) is 81.6 Å². The minimum atomic E-state index is 0.0397. The molecule has 8 heterocycles. The van der Waals surface area contributed by atoms with Crippen LogP contribution < -0.4 is 14.7 Å². The first-order valence-corrected chi connectivity index (χ1v) is 53.6. The second-order valence-electron chi connectivity index (χ2n) is 57.9. The number of benzene rings is 8. The molecule has 16 rings (SSSR count). The topological polar surface area (TPSA) is 77.8 Å². The van der Waals surface area contributed by atoms with E-state index in [9.17, 15) is 0 Å². The molecule has 13 aromatic rings. The number of likely N-dealkylation sites (N-methyl/N-ethyl adjacent to an activating group) is 1. The molecular weight excluding hydrogens is 1760 g/mol. The number of nitrogens with one attached hydrogen (secondary N) is 4. The van der Waals surface area contributed by atoms with Crippen LogP contribution in [0.2, 0.25) is 10.0 Å². The highest BCUT2D eigenvalue weighted by molar-refractivity contribution is 6.36. The normalized spacial score (nSPS) is 14.9. The molecule has 8 nitrogen and oxygen atoms in total. The van der Waals surface area contributed by atoms with Gasteiger partial charge in [-0.05, 0) is 295 Å². The molecule has 0 saturated heterocycles. The summed E-state index contributed by atoms with van der Waals surface area (Å²) in [5.74, 6) is 0. The van der Waals surface area contributed by atoms with E-state index >= 15 is 0 Å². The van der Waals surface area contributed by atoms with Crippen molar-refractivity contribution in [3.05, 3.63) is 263 Å². The van der Waals surface area contributed by atoms with Crippen LogP contribution in [0.3, 0.4) is 0 Å². The van der Waals surface area contributed by atoms with E-state index in [1.807, 2.05) is 0 Å². The van der Waals surface area contributed by atoms with Crippen LogP contribution in [-0.4, -0.2) is 61.8 Å². The predicted molar refractivity (Wildman–Crippen MR) is 630 cm³/mol. The van der Waals surface area contributed by atoms with E-state index in [0.29, 0.717) is 11.5 Å². The quantitative estimate of drug-likeness (QED) is 0.122. The molecule has 0 aliphatic carbocycles. The number of H-pyrrole nitrogens is 4. The summed E-state index contributed by atoms with van der Waals surface area (Å²) in [6.07, 6.45) is 5.75. The third-order valence-corrected chi connectivity index (χ3v) is 29.5. The Labute approximate surface area is 869 Å². The molecule has 0 bridgehead atoms. The molecule has 10 heteroatoms. The number of hydrogen-bond donors (Lipinski definition) is 4. The van der Waals surface area contributed by atoms with E-state index in [1.54, 1.807) is 0 Å². The first-order valence-electron chi connectivity index (χ1n) is 52.8. The van der Waals surface area contributed by atoms with Crippen LogP contribution in [0.1, 0.15) is 427 Å². The number of aromatic nitrogens is 5. The van der Waals surface area contributed by atoms with Crippen molar-refractivity contribution in [2.24, 2.45) is 5.41 Å². The van der Waals surface area contributed by atoms with Gasteiger partial charge in [-0.1, -0.05) is 372 Å². The molecule has 8 aromatic carbocycles. The predicted octanol–water partition coefficient (Wildman–Crippen LogP) is 38.4. The summed E-state index contributed by atoms with van der Waals surface area (Å²) in [7, 11) is 2.24. The highest BCUT2D eigenvalue weighted by atomic mass is 35.5. The van der Waals surface area contributed by atoms with Gasteiger partial charge in [-0.2, -0.15) is 0 Å². The Morgan fingerprint density at radius 3 is 1.13 bits per heavy atom. The van der Waals surface area contributed by atoms with Gasteiger partial charge >= 0.3 is 0 Å². The van der Waals surface area contributed by atoms with Gasteiger partial charge in [0, 0.05) is 165 Å². The molecule has 0 saturated carbocycles. The third-order valence-electron chi connectivity index (χ3n) is 28.8. The number of rotatable bonds is 0. The minimum Gasteiger partial charge on any atom is -0.371 e. The van der Waals surface area contributed by atoms with Crippen LogP contribution in [0.4, 0.5) is 17.1 Å². The monoisotopic (exact) mass is 1950 g/mol. The molecule has 3 aliphatic heterocycles. The Kier molecular flexibility index (Phi) is 33.8. The van der Waals surface area contributed by atoms with Crippen LogP contribution in [0.15, 0.2) is 158 Å². The molecule has 3 aliphatic rings. The van der Waals surface area contributed by atoms with Crippen molar-refractivity contribution in [3.63, 3.8) is 0 Å². The molecule has 5 aromatic heterocycles. The van der Waals surface area contributed by atoms with Gasteiger partial charge in [0.05, 0.1) is 5.02 Å². The molecular formula is C131H194Cl2N8. The van der Waals surface area contributed by atoms with Crippen molar-refractivity contribution < 1.29 is 0 Å². The fraction of sp³-hybridized carbons (Fsp3) is 0.557. The van der Waals surface area contributed by atoms with Gasteiger partial charge in [-0.3, -0.25) is 0 Å². The van der Waals surface area contributed by atoms with Crippen LogP contribution in [0, 0.1) is 19.3 Å². The summed E-state index contributed by atoms with van der Waals surface area (Å²) in [5.41, 5.74) is 36.9. The van der Waals surface area contributed by atoms with Gasteiger partial charge in [0.15, 0.2) is 0 Å². The van der Waals surface area contributed by atoms with Gasteiger partial charge in [-0.15, -0.1) is 0 Å². The Bertz CT molecular complexity index is 6320. The number of nitrogens with zero attached hydrogens (tertiary/aromatic N) is 4. The van der Waals surface area contributed by atoms with Crippen molar-refractivity contribution in [2.75, 3.05) is 34.8 Å². The first-order chi connectivity index (χ1) is 63.6. The SMILES string of the molecule is CC(C)(C)c1cc2cc(Cl)c(C(C)(C)C)cc2[nH]1.CC(C)(C)c1ccc2c(Cl)c(C(C)(C)C)[nH]c2c1.CC(C)(C)c1ccc2c(c1)CCN2C(C)(C)C.CC(C)(C)c1ccc2c(c1)N(C(C)(C)C)CC2.CC(C)(C)c1ccc2ccn(C(C)(C)C)c2c1.CN1c2cc(C(C)(C)C)ccc2CC1C(C)(C)C.Cc1c(C(C)(C)C)[nH]c2cc(C(C)(C)C)ccc12.Cc1c(C(C)(C)C)[nH]c2ccc(C(C)(C)C)cc12. The second kappa shape index (κ2) is 41.0. The van der Waals surface area contributed by atoms with Crippen LogP contribution in [0.5, 0.6) is 0 Å². The molecule has 4 N–H and O–H groups in total. The summed E-state index contributed by atoms with van der Waals surface area (Å²) in [6.45, 7) is 115. The number of fused-ring (bicyclic) bond motifs is 8. The lowest BCUT2D eigenvalue weighted by atomic mass is 9.84. The number of halogens is 2. The van der Waals surface area contributed by atoms with Crippen LogP contribution >= 0.6 is 23.2 Å². The maximum Gasteiger partial charge on any atom is 0.0697 e. The highest BCUT2D eigenvalue weighted by Gasteiger charge is 2.38. The van der Waals surface area contributed by atoms with Gasteiger partial charge in [0.2, 0.25) is 0 Å². The zero-order chi connectivity index (χ0) is 107. The van der Waals surface area contributed by atoms with E-state index in [0.717, 1.165) is 39.7 Å². The van der Waals surface area contributed by atoms with Crippen molar-refractivity contribution >= 4 is 94.8 Å².